The summed E-state index contributed by atoms with van der Waals surface area (Å²) in [6, 6.07) is 0.187. The van der Waals surface area contributed by atoms with Crippen LogP contribution >= 0.6 is 0 Å². The first kappa shape index (κ1) is 14.5. The Kier molecular flexibility index (Phi) is 5.40. The molecule has 1 heterocycles. The third-order valence-electron chi connectivity index (χ3n) is 3.59. The highest BCUT2D eigenvalue weighted by atomic mass is 16.5. The van der Waals surface area contributed by atoms with Crippen LogP contribution in [-0.2, 0) is 9.53 Å². The highest BCUT2D eigenvalue weighted by Crippen LogP contribution is 2.31. The summed E-state index contributed by atoms with van der Waals surface area (Å²) in [7, 11) is 0. The number of ether oxygens (including phenoxy) is 1. The number of rotatable bonds is 2. The van der Waals surface area contributed by atoms with Crippen LogP contribution in [0.5, 0.6) is 0 Å². The Morgan fingerprint density at radius 1 is 1.29 bits per heavy atom. The standard InChI is InChI=1S/C11H19NO3.C2H6/c1-11(2-4-15-5-3-11)10(14)12-8-6-9(13)7-8;1-2/h8-9,13H,2-7H2,1H3,(H,12,14);1-2H3. The van der Waals surface area contributed by atoms with E-state index in [0.717, 1.165) is 12.8 Å². The molecule has 1 saturated carbocycles. The van der Waals surface area contributed by atoms with Crippen molar-refractivity contribution in [1.29, 1.82) is 0 Å². The average Bonchev–Trinajstić information content (AvgIpc) is 2.30. The van der Waals surface area contributed by atoms with Gasteiger partial charge in [0.2, 0.25) is 5.91 Å². The molecule has 2 N–H and O–H groups in total. The van der Waals surface area contributed by atoms with Crippen LogP contribution in [0.2, 0.25) is 0 Å². The lowest BCUT2D eigenvalue weighted by Crippen LogP contribution is -2.52. The highest BCUT2D eigenvalue weighted by Gasteiger charge is 2.38. The van der Waals surface area contributed by atoms with Crippen LogP contribution in [0.4, 0.5) is 0 Å². The summed E-state index contributed by atoms with van der Waals surface area (Å²) in [5.74, 6) is 0.128. The van der Waals surface area contributed by atoms with Crippen molar-refractivity contribution in [2.45, 2.75) is 58.6 Å². The molecule has 0 aromatic heterocycles. The van der Waals surface area contributed by atoms with Crippen LogP contribution in [0.25, 0.3) is 0 Å². The number of amides is 1. The molecule has 4 heteroatoms. The van der Waals surface area contributed by atoms with Crippen molar-refractivity contribution in [2.75, 3.05) is 13.2 Å². The van der Waals surface area contributed by atoms with Gasteiger partial charge < -0.3 is 15.2 Å². The molecule has 1 aliphatic heterocycles. The molecule has 1 aliphatic carbocycles. The molecule has 1 amide bonds. The molecule has 100 valence electrons. The molecule has 0 atom stereocenters. The molecule has 4 nitrogen and oxygen atoms in total. The van der Waals surface area contributed by atoms with E-state index in [-0.39, 0.29) is 23.5 Å². The van der Waals surface area contributed by atoms with Gasteiger partial charge in [0.1, 0.15) is 0 Å². The van der Waals surface area contributed by atoms with Crippen LogP contribution in [-0.4, -0.2) is 36.4 Å². The fourth-order valence-corrected chi connectivity index (χ4v) is 2.11. The molecular formula is C13H25NO3. The summed E-state index contributed by atoms with van der Waals surface area (Å²) in [4.78, 5) is 12.0. The van der Waals surface area contributed by atoms with Gasteiger partial charge in [-0.2, -0.15) is 0 Å². The Morgan fingerprint density at radius 3 is 2.29 bits per heavy atom. The average molecular weight is 243 g/mol. The maximum atomic E-state index is 12.0. The molecule has 0 spiro atoms. The first-order chi connectivity index (χ1) is 8.10. The van der Waals surface area contributed by atoms with Crippen molar-refractivity contribution in [1.82, 2.24) is 5.32 Å². The smallest absolute Gasteiger partial charge is 0.226 e. The van der Waals surface area contributed by atoms with E-state index < -0.39 is 0 Å². The van der Waals surface area contributed by atoms with Gasteiger partial charge in [0.05, 0.1) is 11.5 Å². The SMILES string of the molecule is CC.CC1(C(=O)NC2CC(O)C2)CCOCC1. The van der Waals surface area contributed by atoms with Crippen molar-refractivity contribution in [2.24, 2.45) is 5.41 Å². The number of carbonyl (C=O) groups excluding carboxylic acids is 1. The maximum Gasteiger partial charge on any atom is 0.226 e. The van der Waals surface area contributed by atoms with E-state index in [1.165, 1.54) is 0 Å². The lowest BCUT2D eigenvalue weighted by atomic mass is 9.80. The van der Waals surface area contributed by atoms with Gasteiger partial charge in [-0.05, 0) is 25.7 Å². The minimum absolute atomic E-state index is 0.128. The predicted molar refractivity (Wildman–Crippen MR) is 66.7 cm³/mol. The molecule has 0 radical (unpaired) electrons. The van der Waals surface area contributed by atoms with E-state index in [9.17, 15) is 4.79 Å². The van der Waals surface area contributed by atoms with Crippen molar-refractivity contribution in [3.63, 3.8) is 0 Å². The van der Waals surface area contributed by atoms with E-state index in [1.807, 2.05) is 20.8 Å². The summed E-state index contributed by atoms with van der Waals surface area (Å²) < 4.78 is 5.26. The third-order valence-corrected chi connectivity index (χ3v) is 3.59. The maximum absolute atomic E-state index is 12.0. The molecule has 2 rings (SSSR count). The van der Waals surface area contributed by atoms with Gasteiger partial charge >= 0.3 is 0 Å². The summed E-state index contributed by atoms with van der Waals surface area (Å²) in [6.45, 7) is 7.36. The molecule has 1 saturated heterocycles. The van der Waals surface area contributed by atoms with Gasteiger partial charge in [-0.1, -0.05) is 20.8 Å². The Bertz CT molecular complexity index is 243. The second-order valence-electron chi connectivity index (χ2n) is 4.97. The topological polar surface area (TPSA) is 58.6 Å². The fourth-order valence-electron chi connectivity index (χ4n) is 2.11. The molecule has 17 heavy (non-hydrogen) atoms. The van der Waals surface area contributed by atoms with E-state index >= 15 is 0 Å². The van der Waals surface area contributed by atoms with Crippen LogP contribution in [0.3, 0.4) is 0 Å². The lowest BCUT2D eigenvalue weighted by molar-refractivity contribution is -0.137. The predicted octanol–water partition coefficient (Wildman–Crippen LogP) is 1.47. The zero-order valence-corrected chi connectivity index (χ0v) is 11.2. The Morgan fingerprint density at radius 2 is 1.82 bits per heavy atom. The minimum atomic E-state index is -0.265. The van der Waals surface area contributed by atoms with Crippen LogP contribution < -0.4 is 5.32 Å². The minimum Gasteiger partial charge on any atom is -0.393 e. The summed E-state index contributed by atoms with van der Waals surface area (Å²) in [6.07, 6.45) is 2.80. The quantitative estimate of drug-likeness (QED) is 0.772. The lowest BCUT2D eigenvalue weighted by Gasteiger charge is -2.37. The molecular weight excluding hydrogens is 218 g/mol. The largest absolute Gasteiger partial charge is 0.393 e. The third kappa shape index (κ3) is 3.68. The van der Waals surface area contributed by atoms with Crippen molar-refractivity contribution >= 4 is 5.91 Å². The van der Waals surface area contributed by atoms with Gasteiger partial charge in [0, 0.05) is 19.3 Å². The Balaban J connectivity index is 0.000000686. The van der Waals surface area contributed by atoms with Gasteiger partial charge in [0.25, 0.3) is 0 Å². The van der Waals surface area contributed by atoms with E-state index in [2.05, 4.69) is 5.32 Å². The molecule has 2 fully saturated rings. The van der Waals surface area contributed by atoms with Crippen molar-refractivity contribution in [3.05, 3.63) is 0 Å². The zero-order chi connectivity index (χ0) is 12.9. The summed E-state index contributed by atoms with van der Waals surface area (Å²) in [5.41, 5.74) is -0.265. The Hall–Kier alpha value is -0.610. The first-order valence-electron chi connectivity index (χ1n) is 6.67. The van der Waals surface area contributed by atoms with Crippen LogP contribution in [0.15, 0.2) is 0 Å². The van der Waals surface area contributed by atoms with Gasteiger partial charge in [-0.25, -0.2) is 0 Å². The summed E-state index contributed by atoms with van der Waals surface area (Å²) in [5, 5.41) is 12.1. The molecule has 0 unspecified atom stereocenters. The molecule has 0 aromatic rings. The number of carbonyl (C=O) groups is 1. The van der Waals surface area contributed by atoms with Crippen molar-refractivity contribution < 1.29 is 14.6 Å². The van der Waals surface area contributed by atoms with E-state index in [1.54, 1.807) is 0 Å². The summed E-state index contributed by atoms with van der Waals surface area (Å²) >= 11 is 0. The highest BCUT2D eigenvalue weighted by molar-refractivity contribution is 5.82. The van der Waals surface area contributed by atoms with E-state index in [0.29, 0.717) is 26.1 Å². The first-order valence-corrected chi connectivity index (χ1v) is 6.67. The van der Waals surface area contributed by atoms with Gasteiger partial charge in [0.15, 0.2) is 0 Å². The monoisotopic (exact) mass is 243 g/mol. The number of aliphatic hydroxyl groups is 1. The second-order valence-corrected chi connectivity index (χ2v) is 4.97. The van der Waals surface area contributed by atoms with Gasteiger partial charge in [-0.3, -0.25) is 4.79 Å². The Labute approximate surface area is 104 Å². The molecule has 0 bridgehead atoms. The van der Waals surface area contributed by atoms with Crippen LogP contribution in [0, 0.1) is 5.41 Å². The number of nitrogens with one attached hydrogen (secondary N) is 1. The van der Waals surface area contributed by atoms with E-state index in [4.69, 9.17) is 9.84 Å². The molecule has 2 aliphatic rings. The number of hydrogen-bond donors (Lipinski definition) is 2. The number of aliphatic hydroxyl groups excluding tert-OH is 1. The normalized spacial score (nSPS) is 30.6. The molecule has 0 aromatic carbocycles. The van der Waals surface area contributed by atoms with Crippen molar-refractivity contribution in [3.8, 4) is 0 Å². The van der Waals surface area contributed by atoms with Gasteiger partial charge in [-0.15, -0.1) is 0 Å². The fraction of sp³-hybridized carbons (Fsp3) is 0.923. The number of hydrogen-bond acceptors (Lipinski definition) is 3. The zero-order valence-electron chi connectivity index (χ0n) is 11.2. The second kappa shape index (κ2) is 6.36. The van der Waals surface area contributed by atoms with Crippen LogP contribution in [0.1, 0.15) is 46.5 Å².